The lowest BCUT2D eigenvalue weighted by atomic mass is 10.0. The monoisotopic (exact) mass is 249 g/mol. The highest BCUT2D eigenvalue weighted by Gasteiger charge is 2.16. The first kappa shape index (κ1) is 14.2. The number of carbonyl (C=O) groups excluding carboxylic acids is 2. The number of nitrogens with one attached hydrogen (secondary N) is 2. The maximum absolute atomic E-state index is 11.7. The van der Waals surface area contributed by atoms with Crippen LogP contribution in [0, 0.1) is 0 Å². The van der Waals surface area contributed by atoms with Crippen LogP contribution in [0.15, 0.2) is 30.3 Å². The van der Waals surface area contributed by atoms with Crippen molar-refractivity contribution in [2.75, 3.05) is 14.1 Å². The van der Waals surface area contributed by atoms with Gasteiger partial charge in [0.25, 0.3) is 0 Å². The molecule has 0 spiro atoms. The maximum Gasteiger partial charge on any atom is 0.236 e. The van der Waals surface area contributed by atoms with E-state index in [1.54, 1.807) is 19.1 Å². The second-order valence-corrected chi connectivity index (χ2v) is 4.30. The largest absolute Gasteiger partial charge is 0.349 e. The number of rotatable bonds is 5. The Balaban J connectivity index is 2.73. The average molecular weight is 249 g/mol. The Hall–Kier alpha value is -1.88. The Kier molecular flexibility index (Phi) is 5.32. The molecule has 1 rings (SSSR count). The van der Waals surface area contributed by atoms with Crippen LogP contribution in [0.25, 0.3) is 0 Å². The van der Waals surface area contributed by atoms with Gasteiger partial charge in [-0.3, -0.25) is 15.0 Å². The van der Waals surface area contributed by atoms with Gasteiger partial charge in [0.15, 0.2) is 0 Å². The number of hydrogen-bond donors (Lipinski definition) is 2. The fraction of sp³-hybridized carbons (Fsp3) is 0.385. The molecular formula is C13H19N3O2. The van der Waals surface area contributed by atoms with E-state index in [-0.39, 0.29) is 24.3 Å². The average Bonchev–Trinajstić information content (AvgIpc) is 2.27. The van der Waals surface area contributed by atoms with Gasteiger partial charge in [0.2, 0.25) is 11.8 Å². The molecule has 0 aliphatic heterocycles. The first-order valence-electron chi connectivity index (χ1n) is 5.78. The number of nitrogens with zero attached hydrogens (tertiary/aromatic N) is 1. The van der Waals surface area contributed by atoms with Gasteiger partial charge < -0.3 is 5.32 Å². The van der Waals surface area contributed by atoms with Crippen LogP contribution in [0.1, 0.15) is 24.9 Å². The summed E-state index contributed by atoms with van der Waals surface area (Å²) >= 11 is 0. The molecule has 0 aromatic heterocycles. The molecule has 1 atom stereocenters. The van der Waals surface area contributed by atoms with Crippen LogP contribution in [0.5, 0.6) is 0 Å². The highest BCUT2D eigenvalue weighted by Crippen LogP contribution is 2.16. The first-order valence-corrected chi connectivity index (χ1v) is 5.78. The molecule has 0 heterocycles. The molecule has 0 saturated carbocycles. The third-order valence-corrected chi connectivity index (χ3v) is 2.32. The predicted octanol–water partition coefficient (Wildman–Crippen LogP) is 0.847. The zero-order valence-corrected chi connectivity index (χ0v) is 10.9. The fourth-order valence-electron chi connectivity index (χ4n) is 1.66. The van der Waals surface area contributed by atoms with Crippen LogP contribution in [-0.4, -0.2) is 30.9 Å². The van der Waals surface area contributed by atoms with Crippen LogP contribution < -0.4 is 10.7 Å². The Labute approximate surface area is 107 Å². The van der Waals surface area contributed by atoms with Gasteiger partial charge in [-0.2, -0.15) is 0 Å². The number of benzene rings is 1. The molecule has 0 fully saturated rings. The molecule has 18 heavy (non-hydrogen) atoms. The molecule has 0 aliphatic rings. The molecule has 2 N–H and O–H groups in total. The SMILES string of the molecule is CC(=O)N[C@H](CC(=O)NN(C)C)c1ccccc1. The molecule has 0 unspecified atom stereocenters. The van der Waals surface area contributed by atoms with Crippen LogP contribution in [0.2, 0.25) is 0 Å². The highest BCUT2D eigenvalue weighted by molar-refractivity contribution is 5.78. The first-order chi connectivity index (χ1) is 8.49. The van der Waals surface area contributed by atoms with Crippen molar-refractivity contribution in [3.63, 3.8) is 0 Å². The van der Waals surface area contributed by atoms with Crippen molar-refractivity contribution in [1.82, 2.24) is 15.8 Å². The maximum atomic E-state index is 11.7. The van der Waals surface area contributed by atoms with Crippen LogP contribution in [-0.2, 0) is 9.59 Å². The molecule has 0 radical (unpaired) electrons. The summed E-state index contributed by atoms with van der Waals surface area (Å²) < 4.78 is 0. The molecule has 1 aromatic rings. The zero-order valence-electron chi connectivity index (χ0n) is 10.9. The Morgan fingerprint density at radius 3 is 2.33 bits per heavy atom. The summed E-state index contributed by atoms with van der Waals surface area (Å²) in [6.07, 6.45) is 0.210. The summed E-state index contributed by atoms with van der Waals surface area (Å²) in [6.45, 7) is 1.44. The molecular weight excluding hydrogens is 230 g/mol. The van der Waals surface area contributed by atoms with Crippen LogP contribution in [0.3, 0.4) is 0 Å². The topological polar surface area (TPSA) is 61.4 Å². The fourth-order valence-corrected chi connectivity index (χ4v) is 1.66. The van der Waals surface area contributed by atoms with Gasteiger partial charge in [-0.15, -0.1) is 0 Å². The minimum absolute atomic E-state index is 0.136. The lowest BCUT2D eigenvalue weighted by Crippen LogP contribution is -2.39. The Bertz CT molecular complexity index is 404. The molecule has 5 nitrogen and oxygen atoms in total. The summed E-state index contributed by atoms with van der Waals surface area (Å²) in [5.74, 6) is -0.288. The van der Waals surface area contributed by atoms with Crippen molar-refractivity contribution in [3.05, 3.63) is 35.9 Å². The standard InChI is InChI=1S/C13H19N3O2/c1-10(17)14-12(9-13(18)15-16(2)3)11-7-5-4-6-8-11/h4-8,12H,9H2,1-3H3,(H,14,17)(H,15,18)/t12-/m1/s1. The Morgan fingerprint density at radius 2 is 1.83 bits per heavy atom. The Morgan fingerprint density at radius 1 is 1.22 bits per heavy atom. The quantitative estimate of drug-likeness (QED) is 0.760. The number of hydrogen-bond acceptors (Lipinski definition) is 3. The van der Waals surface area contributed by atoms with E-state index in [0.29, 0.717) is 0 Å². The van der Waals surface area contributed by atoms with E-state index in [9.17, 15) is 9.59 Å². The summed E-state index contributed by atoms with van der Waals surface area (Å²) in [5, 5.41) is 4.36. The third kappa shape index (κ3) is 4.97. The van der Waals surface area contributed by atoms with Crippen molar-refractivity contribution in [1.29, 1.82) is 0 Å². The van der Waals surface area contributed by atoms with E-state index >= 15 is 0 Å². The molecule has 0 bridgehead atoms. The van der Waals surface area contributed by atoms with Crippen LogP contribution >= 0.6 is 0 Å². The van der Waals surface area contributed by atoms with Crippen molar-refractivity contribution in [2.24, 2.45) is 0 Å². The van der Waals surface area contributed by atoms with E-state index in [2.05, 4.69) is 10.7 Å². The van der Waals surface area contributed by atoms with Gasteiger partial charge in [0, 0.05) is 21.0 Å². The normalized spacial score (nSPS) is 12.0. The molecule has 0 aliphatic carbocycles. The number of carbonyl (C=O) groups is 2. The van der Waals surface area contributed by atoms with Gasteiger partial charge >= 0.3 is 0 Å². The van der Waals surface area contributed by atoms with Crippen molar-refractivity contribution >= 4 is 11.8 Å². The van der Waals surface area contributed by atoms with Gasteiger partial charge in [-0.1, -0.05) is 30.3 Å². The molecule has 98 valence electrons. The number of hydrazine groups is 1. The molecule has 1 aromatic carbocycles. The lowest BCUT2D eigenvalue weighted by molar-refractivity contribution is -0.125. The van der Waals surface area contributed by atoms with E-state index < -0.39 is 0 Å². The second kappa shape index (κ2) is 6.76. The van der Waals surface area contributed by atoms with Gasteiger partial charge in [0.1, 0.15) is 0 Å². The van der Waals surface area contributed by atoms with E-state index in [1.807, 2.05) is 30.3 Å². The van der Waals surface area contributed by atoms with Crippen LogP contribution in [0.4, 0.5) is 0 Å². The minimum Gasteiger partial charge on any atom is -0.349 e. The predicted molar refractivity (Wildman–Crippen MR) is 69.4 cm³/mol. The summed E-state index contributed by atoms with van der Waals surface area (Å²) in [5.41, 5.74) is 3.58. The highest BCUT2D eigenvalue weighted by atomic mass is 16.2. The minimum atomic E-state index is -0.302. The summed E-state index contributed by atoms with van der Waals surface area (Å²) in [4.78, 5) is 22.9. The van der Waals surface area contributed by atoms with Crippen molar-refractivity contribution in [2.45, 2.75) is 19.4 Å². The van der Waals surface area contributed by atoms with Crippen molar-refractivity contribution < 1.29 is 9.59 Å². The molecule has 5 heteroatoms. The van der Waals surface area contributed by atoms with E-state index in [1.165, 1.54) is 6.92 Å². The summed E-state index contributed by atoms with van der Waals surface area (Å²) in [7, 11) is 3.49. The zero-order chi connectivity index (χ0) is 13.5. The molecule has 0 saturated heterocycles. The van der Waals surface area contributed by atoms with E-state index in [4.69, 9.17) is 0 Å². The third-order valence-electron chi connectivity index (χ3n) is 2.32. The summed E-state index contributed by atoms with van der Waals surface area (Å²) in [6, 6.07) is 9.15. The van der Waals surface area contributed by atoms with Crippen molar-refractivity contribution in [3.8, 4) is 0 Å². The lowest BCUT2D eigenvalue weighted by Gasteiger charge is -2.19. The molecule has 2 amide bonds. The van der Waals surface area contributed by atoms with E-state index in [0.717, 1.165) is 5.56 Å². The number of amides is 2. The second-order valence-electron chi connectivity index (χ2n) is 4.30. The van der Waals surface area contributed by atoms with Gasteiger partial charge in [0.05, 0.1) is 12.5 Å². The van der Waals surface area contributed by atoms with Gasteiger partial charge in [-0.05, 0) is 5.56 Å². The van der Waals surface area contributed by atoms with Gasteiger partial charge in [-0.25, -0.2) is 5.01 Å². The smallest absolute Gasteiger partial charge is 0.236 e.